The minimum absolute atomic E-state index is 0.0577. The molecule has 1 aliphatic rings. The van der Waals surface area contributed by atoms with Gasteiger partial charge in [-0.15, -0.1) is 0 Å². The van der Waals surface area contributed by atoms with Crippen LogP contribution in [0, 0.1) is 6.92 Å². The van der Waals surface area contributed by atoms with Crippen molar-refractivity contribution in [2.75, 3.05) is 6.54 Å². The van der Waals surface area contributed by atoms with E-state index < -0.39 is 0 Å². The highest BCUT2D eigenvalue weighted by molar-refractivity contribution is 6.04. The molecule has 3 aromatic rings. The first-order valence-electron chi connectivity index (χ1n) is 8.67. The van der Waals surface area contributed by atoms with Gasteiger partial charge in [0, 0.05) is 37.5 Å². The number of hydrogen-bond donors (Lipinski definition) is 1. The van der Waals surface area contributed by atoms with Crippen LogP contribution < -0.4 is 0 Å². The zero-order valence-electron chi connectivity index (χ0n) is 14.6. The summed E-state index contributed by atoms with van der Waals surface area (Å²) in [5, 5.41) is 6.16. The Morgan fingerprint density at radius 1 is 1.12 bits per heavy atom. The lowest BCUT2D eigenvalue weighted by Crippen LogP contribution is -2.34. The number of carbonyl (C=O) groups excluding carboxylic acids is 1. The fraction of sp³-hybridized carbons (Fsp3) is 0.263. The largest absolute Gasteiger partial charge is 0.348 e. The van der Waals surface area contributed by atoms with Crippen molar-refractivity contribution in [2.45, 2.75) is 26.3 Å². The topological polar surface area (TPSA) is 79.2 Å². The smallest absolute Gasteiger partial charge is 0.243 e. The number of amides is 1. The van der Waals surface area contributed by atoms with Crippen molar-refractivity contribution in [2.24, 2.45) is 5.10 Å². The molecule has 0 saturated carbocycles. The molecule has 2 aromatic heterocycles. The van der Waals surface area contributed by atoms with Crippen LogP contribution in [-0.4, -0.2) is 42.7 Å². The van der Waals surface area contributed by atoms with Gasteiger partial charge < -0.3 is 9.55 Å². The highest BCUT2D eigenvalue weighted by Crippen LogP contribution is 2.19. The highest BCUT2D eigenvalue weighted by Gasteiger charge is 2.21. The lowest BCUT2D eigenvalue weighted by Gasteiger charge is -2.24. The summed E-state index contributed by atoms with van der Waals surface area (Å²) in [6, 6.07) is 10.0. The molecule has 3 heterocycles. The van der Waals surface area contributed by atoms with Gasteiger partial charge in [-0.05, 0) is 12.5 Å². The number of H-pyrrole nitrogens is 1. The van der Waals surface area contributed by atoms with Crippen LogP contribution in [0.3, 0.4) is 0 Å². The molecule has 132 valence electrons. The summed E-state index contributed by atoms with van der Waals surface area (Å²) in [6.45, 7) is 3.08. The summed E-state index contributed by atoms with van der Waals surface area (Å²) in [5.74, 6) is 0.850. The molecule has 0 radical (unpaired) electrons. The van der Waals surface area contributed by atoms with Gasteiger partial charge >= 0.3 is 0 Å². The van der Waals surface area contributed by atoms with Gasteiger partial charge in [0.05, 0.1) is 18.6 Å². The van der Waals surface area contributed by atoms with Crippen LogP contribution in [0.5, 0.6) is 0 Å². The summed E-state index contributed by atoms with van der Waals surface area (Å²) in [5.41, 5.74) is 3.82. The molecule has 0 aliphatic carbocycles. The maximum absolute atomic E-state index is 12.3. The SMILES string of the molecule is Cc1[nH]cnc1-c1nccn1CCN1N=C(c2ccccc2)CCC1=O. The molecule has 0 spiro atoms. The second-order valence-corrected chi connectivity index (χ2v) is 6.25. The first kappa shape index (κ1) is 16.3. The lowest BCUT2D eigenvalue weighted by atomic mass is 10.0. The second-order valence-electron chi connectivity index (χ2n) is 6.25. The van der Waals surface area contributed by atoms with Gasteiger partial charge in [-0.25, -0.2) is 15.0 Å². The summed E-state index contributed by atoms with van der Waals surface area (Å²) in [7, 11) is 0. The molecule has 0 unspecified atom stereocenters. The monoisotopic (exact) mass is 348 g/mol. The zero-order chi connectivity index (χ0) is 17.9. The van der Waals surface area contributed by atoms with Crippen LogP contribution in [-0.2, 0) is 11.3 Å². The molecule has 26 heavy (non-hydrogen) atoms. The number of rotatable bonds is 5. The van der Waals surface area contributed by atoms with Crippen molar-refractivity contribution < 1.29 is 4.79 Å². The Morgan fingerprint density at radius 3 is 2.73 bits per heavy atom. The van der Waals surface area contributed by atoms with E-state index in [2.05, 4.69) is 20.1 Å². The molecule has 0 bridgehead atoms. The molecule has 1 aliphatic heterocycles. The predicted octanol–water partition coefficient (Wildman–Crippen LogP) is 2.61. The van der Waals surface area contributed by atoms with Crippen LogP contribution >= 0.6 is 0 Å². The third kappa shape index (κ3) is 3.15. The van der Waals surface area contributed by atoms with Gasteiger partial charge in [0.1, 0.15) is 5.69 Å². The Labute approximate surface area is 151 Å². The molecule has 7 nitrogen and oxygen atoms in total. The number of aromatic amines is 1. The third-order valence-electron chi connectivity index (χ3n) is 4.52. The Balaban J connectivity index is 1.52. The number of aryl methyl sites for hydroxylation is 1. The summed E-state index contributed by atoms with van der Waals surface area (Å²) < 4.78 is 2.00. The minimum atomic E-state index is 0.0577. The maximum atomic E-state index is 12.3. The molecule has 0 atom stereocenters. The quantitative estimate of drug-likeness (QED) is 0.770. The Hall–Kier alpha value is -3.22. The van der Waals surface area contributed by atoms with Crippen LogP contribution in [0.2, 0.25) is 0 Å². The number of nitrogens with one attached hydrogen (secondary N) is 1. The molecule has 0 saturated heterocycles. The summed E-state index contributed by atoms with van der Waals surface area (Å²) >= 11 is 0. The molecular weight excluding hydrogens is 328 g/mol. The summed E-state index contributed by atoms with van der Waals surface area (Å²) in [6.07, 6.45) is 6.49. The number of nitrogens with zero attached hydrogens (tertiary/aromatic N) is 5. The first-order chi connectivity index (χ1) is 12.7. The van der Waals surface area contributed by atoms with Gasteiger partial charge in [-0.3, -0.25) is 4.79 Å². The molecule has 7 heteroatoms. The van der Waals surface area contributed by atoms with Gasteiger partial charge in [-0.1, -0.05) is 30.3 Å². The number of benzene rings is 1. The van der Waals surface area contributed by atoms with Crippen LogP contribution in [0.15, 0.2) is 54.2 Å². The number of imidazole rings is 2. The van der Waals surface area contributed by atoms with E-state index in [0.717, 1.165) is 28.5 Å². The Morgan fingerprint density at radius 2 is 1.96 bits per heavy atom. The number of hydrazone groups is 1. The first-order valence-corrected chi connectivity index (χ1v) is 8.67. The fourth-order valence-electron chi connectivity index (χ4n) is 3.11. The van der Waals surface area contributed by atoms with E-state index in [1.165, 1.54) is 0 Å². The average Bonchev–Trinajstić information content (AvgIpc) is 3.30. The van der Waals surface area contributed by atoms with E-state index in [-0.39, 0.29) is 5.91 Å². The molecular formula is C19H20N6O. The normalized spacial score (nSPS) is 14.6. The van der Waals surface area contributed by atoms with E-state index in [4.69, 9.17) is 0 Å². The van der Waals surface area contributed by atoms with Gasteiger partial charge in [-0.2, -0.15) is 5.10 Å². The second kappa shape index (κ2) is 6.95. The summed E-state index contributed by atoms with van der Waals surface area (Å²) in [4.78, 5) is 24.1. The van der Waals surface area contributed by atoms with Crippen molar-refractivity contribution in [1.29, 1.82) is 0 Å². The van der Waals surface area contributed by atoms with Crippen molar-refractivity contribution in [1.82, 2.24) is 24.5 Å². The van der Waals surface area contributed by atoms with E-state index in [1.807, 2.05) is 48.0 Å². The molecule has 1 aromatic carbocycles. The highest BCUT2D eigenvalue weighted by atomic mass is 16.2. The number of aromatic nitrogens is 4. The Kier molecular flexibility index (Phi) is 4.35. The number of hydrogen-bond acceptors (Lipinski definition) is 4. The Bertz CT molecular complexity index is 940. The maximum Gasteiger partial charge on any atom is 0.243 e. The zero-order valence-corrected chi connectivity index (χ0v) is 14.6. The van der Waals surface area contributed by atoms with Gasteiger partial charge in [0.2, 0.25) is 5.91 Å². The van der Waals surface area contributed by atoms with Crippen LogP contribution in [0.1, 0.15) is 24.1 Å². The van der Waals surface area contributed by atoms with Gasteiger partial charge in [0.25, 0.3) is 0 Å². The molecule has 1 amide bonds. The van der Waals surface area contributed by atoms with E-state index >= 15 is 0 Å². The van der Waals surface area contributed by atoms with Crippen molar-refractivity contribution in [3.05, 3.63) is 60.3 Å². The van der Waals surface area contributed by atoms with Gasteiger partial charge in [0.15, 0.2) is 5.82 Å². The molecule has 0 fully saturated rings. The average molecular weight is 348 g/mol. The van der Waals surface area contributed by atoms with Crippen molar-refractivity contribution in [3.8, 4) is 11.5 Å². The van der Waals surface area contributed by atoms with Crippen molar-refractivity contribution >= 4 is 11.6 Å². The molecule has 1 N–H and O–H groups in total. The van der Waals surface area contributed by atoms with E-state index in [0.29, 0.717) is 25.9 Å². The predicted molar refractivity (Wildman–Crippen MR) is 98.5 cm³/mol. The van der Waals surface area contributed by atoms with Crippen molar-refractivity contribution in [3.63, 3.8) is 0 Å². The fourth-order valence-corrected chi connectivity index (χ4v) is 3.11. The van der Waals surface area contributed by atoms with Crippen LogP contribution in [0.25, 0.3) is 11.5 Å². The minimum Gasteiger partial charge on any atom is -0.348 e. The van der Waals surface area contributed by atoms with E-state index in [9.17, 15) is 4.79 Å². The standard InChI is InChI=1S/C19H20N6O/c1-14-18(22-13-21-14)19-20-9-10-24(19)11-12-25-17(26)8-7-16(23-25)15-5-3-2-4-6-15/h2-6,9-10,13H,7-8,11-12H2,1H3,(H,21,22). The molecule has 4 rings (SSSR count). The lowest BCUT2D eigenvalue weighted by molar-refractivity contribution is -0.131. The van der Waals surface area contributed by atoms with E-state index in [1.54, 1.807) is 17.5 Å². The third-order valence-corrected chi connectivity index (χ3v) is 4.52. The van der Waals surface area contributed by atoms with Crippen LogP contribution in [0.4, 0.5) is 0 Å². The number of carbonyl (C=O) groups is 1.